The highest BCUT2D eigenvalue weighted by molar-refractivity contribution is 14.1. The van der Waals surface area contributed by atoms with Crippen LogP contribution in [0.5, 0.6) is 5.75 Å². The lowest BCUT2D eigenvalue weighted by Crippen LogP contribution is -2.28. The molecule has 2 atom stereocenters. The van der Waals surface area contributed by atoms with Gasteiger partial charge in [-0.2, -0.15) is 0 Å². The quantitative estimate of drug-likeness (QED) is 0.648. The van der Waals surface area contributed by atoms with Crippen molar-refractivity contribution in [1.82, 2.24) is 0 Å². The Morgan fingerprint density at radius 3 is 2.41 bits per heavy atom. The Labute approximate surface area is 117 Å². The van der Waals surface area contributed by atoms with Gasteiger partial charge in [-0.15, -0.1) is 0 Å². The Kier molecular flexibility index (Phi) is 4.17. The van der Waals surface area contributed by atoms with E-state index in [1.807, 2.05) is 18.2 Å². The average Bonchev–Trinajstić information content (AvgIpc) is 2.21. The molecule has 0 aromatic heterocycles. The molecule has 2 nitrogen and oxygen atoms in total. The van der Waals surface area contributed by atoms with E-state index in [1.54, 1.807) is 0 Å². The second-order valence-electron chi connectivity index (χ2n) is 5.34. The van der Waals surface area contributed by atoms with E-state index in [2.05, 4.69) is 36.4 Å². The number of anilines is 1. The molecule has 0 heterocycles. The fourth-order valence-electron chi connectivity index (χ4n) is 2.78. The molecule has 1 aromatic rings. The lowest BCUT2D eigenvalue weighted by molar-refractivity contribution is 0.102. The normalized spacial score (nSPS) is 29.0. The molecule has 1 aliphatic rings. The predicted octanol–water partition coefficient (Wildman–Crippen LogP) is 4.08. The van der Waals surface area contributed by atoms with Gasteiger partial charge in [0.25, 0.3) is 0 Å². The van der Waals surface area contributed by atoms with Crippen LogP contribution in [0, 0.1) is 15.4 Å². The van der Waals surface area contributed by atoms with E-state index in [1.165, 1.54) is 6.42 Å². The molecule has 2 N–H and O–H groups in total. The van der Waals surface area contributed by atoms with Gasteiger partial charge < -0.3 is 10.5 Å². The van der Waals surface area contributed by atoms with Crippen molar-refractivity contribution in [3.8, 4) is 5.75 Å². The third kappa shape index (κ3) is 3.50. The van der Waals surface area contributed by atoms with Crippen LogP contribution in [-0.2, 0) is 0 Å². The van der Waals surface area contributed by atoms with Gasteiger partial charge in [0.1, 0.15) is 5.75 Å². The van der Waals surface area contributed by atoms with Crippen molar-refractivity contribution in [3.05, 3.63) is 21.8 Å². The maximum Gasteiger partial charge on any atom is 0.142 e. The van der Waals surface area contributed by atoms with Crippen LogP contribution in [-0.4, -0.2) is 6.10 Å². The van der Waals surface area contributed by atoms with Crippen LogP contribution in [0.4, 0.5) is 5.69 Å². The summed E-state index contributed by atoms with van der Waals surface area (Å²) >= 11 is 2.26. The van der Waals surface area contributed by atoms with Crippen LogP contribution in [0.1, 0.15) is 33.1 Å². The maximum atomic E-state index is 6.05. The van der Waals surface area contributed by atoms with Gasteiger partial charge in [0.2, 0.25) is 0 Å². The number of halogens is 1. The van der Waals surface area contributed by atoms with Crippen molar-refractivity contribution in [2.75, 3.05) is 5.73 Å². The molecule has 0 amide bonds. The Hall–Kier alpha value is -0.450. The van der Waals surface area contributed by atoms with E-state index >= 15 is 0 Å². The third-order valence-corrected chi connectivity index (χ3v) is 4.07. The maximum absolute atomic E-state index is 6.05. The summed E-state index contributed by atoms with van der Waals surface area (Å²) in [6, 6.07) is 5.99. The molecule has 0 spiro atoms. The number of ether oxygens (including phenoxy) is 1. The minimum atomic E-state index is 0.330. The largest absolute Gasteiger partial charge is 0.488 e. The van der Waals surface area contributed by atoms with E-state index in [-0.39, 0.29) is 0 Å². The summed E-state index contributed by atoms with van der Waals surface area (Å²) in [5.41, 5.74) is 6.73. The molecule has 1 aromatic carbocycles. The minimum Gasteiger partial charge on any atom is -0.488 e. The first kappa shape index (κ1) is 13.0. The highest BCUT2D eigenvalue weighted by Crippen LogP contribution is 2.33. The minimum absolute atomic E-state index is 0.330. The van der Waals surface area contributed by atoms with Crippen molar-refractivity contribution < 1.29 is 4.74 Å². The van der Waals surface area contributed by atoms with Crippen molar-refractivity contribution in [2.45, 2.75) is 39.2 Å². The third-order valence-electron chi connectivity index (χ3n) is 3.40. The van der Waals surface area contributed by atoms with Gasteiger partial charge in [-0.1, -0.05) is 13.8 Å². The molecule has 0 bridgehead atoms. The van der Waals surface area contributed by atoms with Crippen LogP contribution in [0.3, 0.4) is 0 Å². The monoisotopic (exact) mass is 345 g/mol. The molecular weight excluding hydrogens is 325 g/mol. The Morgan fingerprint density at radius 2 is 1.82 bits per heavy atom. The predicted molar refractivity (Wildman–Crippen MR) is 80.2 cm³/mol. The van der Waals surface area contributed by atoms with Gasteiger partial charge in [-0.25, -0.2) is 0 Å². The van der Waals surface area contributed by atoms with Crippen LogP contribution in [0.2, 0.25) is 0 Å². The van der Waals surface area contributed by atoms with Gasteiger partial charge >= 0.3 is 0 Å². The molecule has 1 saturated carbocycles. The summed E-state index contributed by atoms with van der Waals surface area (Å²) in [7, 11) is 0. The summed E-state index contributed by atoms with van der Waals surface area (Å²) in [6.45, 7) is 4.62. The average molecular weight is 345 g/mol. The number of hydrogen-bond acceptors (Lipinski definition) is 2. The molecule has 0 saturated heterocycles. The van der Waals surface area contributed by atoms with Crippen LogP contribution in [0.15, 0.2) is 18.2 Å². The number of nitrogens with two attached hydrogens (primary N) is 1. The topological polar surface area (TPSA) is 35.2 Å². The molecule has 2 unspecified atom stereocenters. The van der Waals surface area contributed by atoms with E-state index < -0.39 is 0 Å². The molecule has 3 heteroatoms. The number of rotatable bonds is 2. The van der Waals surface area contributed by atoms with Crippen LogP contribution < -0.4 is 10.5 Å². The second-order valence-corrected chi connectivity index (χ2v) is 6.59. The van der Waals surface area contributed by atoms with Gasteiger partial charge in [0, 0.05) is 3.57 Å². The van der Waals surface area contributed by atoms with E-state index in [0.29, 0.717) is 6.10 Å². The summed E-state index contributed by atoms with van der Waals surface area (Å²) in [4.78, 5) is 0. The van der Waals surface area contributed by atoms with E-state index in [0.717, 1.165) is 39.7 Å². The molecular formula is C14H20INO. The lowest BCUT2D eigenvalue weighted by Gasteiger charge is -2.32. The SMILES string of the molecule is CC1CC(C)CC(Oc2ccc(I)cc2N)C1. The highest BCUT2D eigenvalue weighted by Gasteiger charge is 2.25. The molecule has 0 aliphatic heterocycles. The van der Waals surface area contributed by atoms with E-state index in [4.69, 9.17) is 10.5 Å². The molecule has 1 fully saturated rings. The fourth-order valence-corrected chi connectivity index (χ4v) is 3.29. The Morgan fingerprint density at radius 1 is 1.18 bits per heavy atom. The molecule has 0 radical (unpaired) electrons. The second kappa shape index (κ2) is 5.46. The zero-order valence-corrected chi connectivity index (χ0v) is 12.6. The molecule has 1 aliphatic carbocycles. The molecule has 17 heavy (non-hydrogen) atoms. The smallest absolute Gasteiger partial charge is 0.142 e. The summed E-state index contributed by atoms with van der Waals surface area (Å²) in [5, 5.41) is 0. The number of hydrogen-bond donors (Lipinski definition) is 1. The van der Waals surface area contributed by atoms with Crippen LogP contribution >= 0.6 is 22.6 Å². The lowest BCUT2D eigenvalue weighted by atomic mass is 9.82. The first-order valence-electron chi connectivity index (χ1n) is 6.26. The first-order chi connectivity index (χ1) is 8.04. The fraction of sp³-hybridized carbons (Fsp3) is 0.571. The number of benzene rings is 1. The number of nitrogen functional groups attached to an aromatic ring is 1. The summed E-state index contributed by atoms with van der Waals surface area (Å²) in [5.74, 6) is 2.36. The zero-order chi connectivity index (χ0) is 12.4. The van der Waals surface area contributed by atoms with Crippen molar-refractivity contribution in [1.29, 1.82) is 0 Å². The van der Waals surface area contributed by atoms with Gasteiger partial charge in [0.05, 0.1) is 11.8 Å². The standard InChI is InChI=1S/C14H20INO/c1-9-5-10(2)7-12(6-9)17-14-4-3-11(15)8-13(14)16/h3-4,8-10,12H,5-7,16H2,1-2H3. The molecule has 2 rings (SSSR count). The van der Waals surface area contributed by atoms with E-state index in [9.17, 15) is 0 Å². The van der Waals surface area contributed by atoms with Gasteiger partial charge in [-0.05, 0) is 71.9 Å². The van der Waals surface area contributed by atoms with Crippen LogP contribution in [0.25, 0.3) is 0 Å². The molecule has 94 valence electrons. The van der Waals surface area contributed by atoms with Crippen molar-refractivity contribution in [3.63, 3.8) is 0 Å². The highest BCUT2D eigenvalue weighted by atomic mass is 127. The van der Waals surface area contributed by atoms with Crippen molar-refractivity contribution in [2.24, 2.45) is 11.8 Å². The zero-order valence-electron chi connectivity index (χ0n) is 10.4. The van der Waals surface area contributed by atoms with Gasteiger partial charge in [-0.3, -0.25) is 0 Å². The van der Waals surface area contributed by atoms with Crippen molar-refractivity contribution >= 4 is 28.3 Å². The Balaban J connectivity index is 2.04. The first-order valence-corrected chi connectivity index (χ1v) is 7.34. The van der Waals surface area contributed by atoms with Gasteiger partial charge in [0.15, 0.2) is 0 Å². The summed E-state index contributed by atoms with van der Waals surface area (Å²) < 4.78 is 7.20. The summed E-state index contributed by atoms with van der Waals surface area (Å²) in [6.07, 6.45) is 3.95. The Bertz CT molecular complexity index is 384.